The molecule has 1 heterocycles. The first-order valence-corrected chi connectivity index (χ1v) is 5.72. The van der Waals surface area contributed by atoms with Crippen LogP contribution in [0.15, 0.2) is 42.6 Å². The zero-order chi connectivity index (χ0) is 12.3. The van der Waals surface area contributed by atoms with Crippen LogP contribution in [0.5, 0.6) is 0 Å². The molecule has 0 bridgehead atoms. The van der Waals surface area contributed by atoms with E-state index in [1.54, 1.807) is 18.3 Å². The fourth-order valence-corrected chi connectivity index (χ4v) is 1.72. The molecule has 2 rings (SSSR count). The molecular weight excluding hydrogens is 210 g/mol. The molecule has 0 saturated carbocycles. The quantitative estimate of drug-likeness (QED) is 0.746. The third-order valence-electron chi connectivity index (χ3n) is 2.79. The number of aromatic nitrogens is 1. The highest BCUT2D eigenvalue weighted by molar-refractivity contribution is 5.77. The van der Waals surface area contributed by atoms with E-state index in [2.05, 4.69) is 31.0 Å². The van der Waals surface area contributed by atoms with Crippen LogP contribution in [-0.2, 0) is 0 Å². The first-order valence-electron chi connectivity index (χ1n) is 5.72. The lowest BCUT2D eigenvalue weighted by Gasteiger charge is -2.06. The second kappa shape index (κ2) is 4.91. The Morgan fingerprint density at radius 1 is 1.12 bits per heavy atom. The Hall–Kier alpha value is -1.96. The van der Waals surface area contributed by atoms with Crippen LogP contribution in [0.25, 0.3) is 11.3 Å². The van der Waals surface area contributed by atoms with Gasteiger partial charge in [0, 0.05) is 17.3 Å². The van der Waals surface area contributed by atoms with E-state index in [-0.39, 0.29) is 0 Å². The van der Waals surface area contributed by atoms with Gasteiger partial charge in [-0.15, -0.1) is 0 Å². The number of benzene rings is 1. The molecule has 2 nitrogen and oxygen atoms in total. The first kappa shape index (κ1) is 11.5. The lowest BCUT2D eigenvalue weighted by Crippen LogP contribution is -1.89. The number of rotatable bonds is 3. The van der Waals surface area contributed by atoms with E-state index < -0.39 is 0 Å². The second-order valence-corrected chi connectivity index (χ2v) is 4.37. The van der Waals surface area contributed by atoms with E-state index in [9.17, 15) is 4.79 Å². The molecule has 0 aliphatic carbocycles. The van der Waals surface area contributed by atoms with Crippen LogP contribution in [0.1, 0.15) is 35.7 Å². The average Bonchev–Trinajstić information content (AvgIpc) is 2.39. The van der Waals surface area contributed by atoms with Gasteiger partial charge in [0.05, 0.1) is 5.69 Å². The minimum absolute atomic E-state index is 0.526. The van der Waals surface area contributed by atoms with Crippen molar-refractivity contribution in [2.75, 3.05) is 0 Å². The highest BCUT2D eigenvalue weighted by Crippen LogP contribution is 2.21. The topological polar surface area (TPSA) is 30.0 Å². The van der Waals surface area contributed by atoms with Crippen LogP contribution in [0.3, 0.4) is 0 Å². The Balaban J connectivity index is 2.36. The van der Waals surface area contributed by atoms with Crippen LogP contribution >= 0.6 is 0 Å². The summed E-state index contributed by atoms with van der Waals surface area (Å²) in [6.45, 7) is 4.33. The van der Waals surface area contributed by atoms with Gasteiger partial charge in [-0.25, -0.2) is 0 Å². The van der Waals surface area contributed by atoms with Crippen LogP contribution in [0.2, 0.25) is 0 Å². The lowest BCUT2D eigenvalue weighted by molar-refractivity contribution is 0.112. The molecule has 2 aromatic rings. The molecule has 0 unspecified atom stereocenters. The summed E-state index contributed by atoms with van der Waals surface area (Å²) >= 11 is 0. The summed E-state index contributed by atoms with van der Waals surface area (Å²) < 4.78 is 0. The molecule has 0 aliphatic heterocycles. The van der Waals surface area contributed by atoms with Crippen molar-refractivity contribution in [3.05, 3.63) is 53.7 Å². The maximum Gasteiger partial charge on any atom is 0.150 e. The van der Waals surface area contributed by atoms with Crippen molar-refractivity contribution in [2.24, 2.45) is 0 Å². The van der Waals surface area contributed by atoms with Gasteiger partial charge in [-0.05, 0) is 23.6 Å². The molecule has 0 radical (unpaired) electrons. The zero-order valence-corrected chi connectivity index (χ0v) is 10.1. The smallest absolute Gasteiger partial charge is 0.150 e. The summed E-state index contributed by atoms with van der Waals surface area (Å²) in [6.07, 6.45) is 2.50. The second-order valence-electron chi connectivity index (χ2n) is 4.37. The third-order valence-corrected chi connectivity index (χ3v) is 2.79. The van der Waals surface area contributed by atoms with Gasteiger partial charge >= 0.3 is 0 Å². The van der Waals surface area contributed by atoms with Gasteiger partial charge in [-0.1, -0.05) is 38.1 Å². The molecule has 0 fully saturated rings. The normalized spacial score (nSPS) is 10.5. The Morgan fingerprint density at radius 3 is 2.41 bits per heavy atom. The number of carbonyl (C=O) groups is 1. The van der Waals surface area contributed by atoms with Gasteiger partial charge in [-0.2, -0.15) is 0 Å². The van der Waals surface area contributed by atoms with Gasteiger partial charge in [0.1, 0.15) is 6.29 Å². The molecule has 0 N–H and O–H groups in total. The van der Waals surface area contributed by atoms with Crippen molar-refractivity contribution < 1.29 is 4.79 Å². The maximum absolute atomic E-state index is 10.7. The van der Waals surface area contributed by atoms with E-state index in [0.29, 0.717) is 11.5 Å². The number of carbonyl (C=O) groups excluding carboxylic acids is 1. The van der Waals surface area contributed by atoms with Gasteiger partial charge in [-0.3, -0.25) is 9.78 Å². The minimum atomic E-state index is 0.526. The van der Waals surface area contributed by atoms with E-state index in [0.717, 1.165) is 17.5 Å². The van der Waals surface area contributed by atoms with Crippen molar-refractivity contribution in [3.8, 4) is 11.3 Å². The van der Waals surface area contributed by atoms with Crippen LogP contribution < -0.4 is 0 Å². The highest BCUT2D eigenvalue weighted by Gasteiger charge is 2.02. The van der Waals surface area contributed by atoms with Crippen LogP contribution in [0.4, 0.5) is 0 Å². The number of hydrogen-bond donors (Lipinski definition) is 0. The minimum Gasteiger partial charge on any atom is -0.298 e. The highest BCUT2D eigenvalue weighted by atomic mass is 16.1. The van der Waals surface area contributed by atoms with Gasteiger partial charge in [0.15, 0.2) is 0 Å². The van der Waals surface area contributed by atoms with Crippen molar-refractivity contribution in [1.29, 1.82) is 0 Å². The van der Waals surface area contributed by atoms with Crippen molar-refractivity contribution in [1.82, 2.24) is 4.98 Å². The predicted molar refractivity (Wildman–Crippen MR) is 69.1 cm³/mol. The number of aldehydes is 1. The molecule has 2 heteroatoms. The largest absolute Gasteiger partial charge is 0.298 e. The molecule has 86 valence electrons. The standard InChI is InChI=1S/C15H15NO/c1-11(2)13-3-5-14(6-4-13)15-9-12(10-17)7-8-16-15/h3-11H,1-2H3. The van der Waals surface area contributed by atoms with Crippen molar-refractivity contribution in [3.63, 3.8) is 0 Å². The predicted octanol–water partition coefficient (Wildman–Crippen LogP) is 3.68. The summed E-state index contributed by atoms with van der Waals surface area (Å²) in [6, 6.07) is 11.8. The SMILES string of the molecule is CC(C)c1ccc(-c2cc(C=O)ccn2)cc1. The monoisotopic (exact) mass is 225 g/mol. The molecule has 0 spiro atoms. The van der Waals surface area contributed by atoms with E-state index in [1.165, 1.54) is 5.56 Å². The summed E-state index contributed by atoms with van der Waals surface area (Å²) in [5, 5.41) is 0. The summed E-state index contributed by atoms with van der Waals surface area (Å²) in [7, 11) is 0. The number of nitrogens with zero attached hydrogens (tertiary/aromatic N) is 1. The zero-order valence-electron chi connectivity index (χ0n) is 10.1. The Bertz CT molecular complexity index is 515. The molecule has 1 aromatic heterocycles. The summed E-state index contributed by atoms with van der Waals surface area (Å²) in [4.78, 5) is 15.0. The molecule has 17 heavy (non-hydrogen) atoms. The molecule has 0 aliphatic rings. The van der Waals surface area contributed by atoms with E-state index >= 15 is 0 Å². The Morgan fingerprint density at radius 2 is 1.82 bits per heavy atom. The number of hydrogen-bond acceptors (Lipinski definition) is 2. The van der Waals surface area contributed by atoms with Crippen molar-refractivity contribution in [2.45, 2.75) is 19.8 Å². The Labute approximate surface area is 101 Å². The lowest BCUT2D eigenvalue weighted by atomic mass is 10.0. The third kappa shape index (κ3) is 2.59. The average molecular weight is 225 g/mol. The molecule has 0 atom stereocenters. The van der Waals surface area contributed by atoms with E-state index in [4.69, 9.17) is 0 Å². The van der Waals surface area contributed by atoms with Gasteiger partial charge < -0.3 is 0 Å². The van der Waals surface area contributed by atoms with E-state index in [1.807, 2.05) is 12.1 Å². The van der Waals surface area contributed by atoms with Crippen LogP contribution in [-0.4, -0.2) is 11.3 Å². The molecular formula is C15H15NO. The van der Waals surface area contributed by atoms with Crippen LogP contribution in [0, 0.1) is 0 Å². The first-order chi connectivity index (χ1) is 8.20. The molecule has 1 aromatic carbocycles. The Kier molecular flexibility index (Phi) is 3.33. The van der Waals surface area contributed by atoms with Crippen molar-refractivity contribution >= 4 is 6.29 Å². The fraction of sp³-hybridized carbons (Fsp3) is 0.200. The molecule has 0 saturated heterocycles. The fourth-order valence-electron chi connectivity index (χ4n) is 1.72. The maximum atomic E-state index is 10.7. The number of pyridine rings is 1. The van der Waals surface area contributed by atoms with Gasteiger partial charge in [0.25, 0.3) is 0 Å². The summed E-state index contributed by atoms with van der Waals surface area (Å²) in [5.74, 6) is 0.526. The summed E-state index contributed by atoms with van der Waals surface area (Å²) in [5.41, 5.74) is 3.84. The van der Waals surface area contributed by atoms with Gasteiger partial charge in [0.2, 0.25) is 0 Å². The molecule has 0 amide bonds.